The predicted octanol–water partition coefficient (Wildman–Crippen LogP) is 5.32. The highest BCUT2D eigenvalue weighted by Crippen LogP contribution is 2.23. The van der Waals surface area contributed by atoms with Gasteiger partial charge in [-0.25, -0.2) is 4.79 Å². The standard InChI is InChI=1S/C28H35Cl2N5O4/c1-3-35(4-2)28(37)32-24(7-5-6-15-31)26(36)27-33-25(39-34-27)18-19-8-11-21(12-9-19)38-16-14-20-10-13-22(29)23(30)17-20/h8-13,17,24H,3-7,14-16,18,31H2,1-2H3,(H,32,37)/t24-/m0/s1. The molecule has 0 aliphatic carbocycles. The van der Waals surface area contributed by atoms with E-state index in [0.29, 0.717) is 67.9 Å². The third kappa shape index (κ3) is 9.23. The number of aromatic nitrogens is 2. The molecule has 0 aliphatic rings. The molecule has 1 atom stereocenters. The molecule has 3 aromatic rings. The molecular formula is C28H35Cl2N5O4. The summed E-state index contributed by atoms with van der Waals surface area (Å²) in [5.41, 5.74) is 7.56. The second kappa shape index (κ2) is 15.5. The average Bonchev–Trinajstić information content (AvgIpc) is 3.40. The lowest BCUT2D eigenvalue weighted by molar-refractivity contribution is 0.0920. The second-order valence-corrected chi connectivity index (χ2v) is 9.82. The minimum absolute atomic E-state index is 0.0511. The molecule has 2 aromatic carbocycles. The number of carbonyl (C=O) groups excluding carboxylic acids is 2. The van der Waals surface area contributed by atoms with E-state index < -0.39 is 6.04 Å². The number of nitrogens with two attached hydrogens (primary N) is 1. The fourth-order valence-corrected chi connectivity index (χ4v) is 4.28. The Kier molecular flexibility index (Phi) is 12.0. The van der Waals surface area contributed by atoms with E-state index in [-0.39, 0.29) is 17.6 Å². The SMILES string of the molecule is CCN(CC)C(=O)N[C@@H](CCCCN)C(=O)c1noc(Cc2ccc(OCCc3ccc(Cl)c(Cl)c3)cc2)n1. The number of ether oxygens (including phenoxy) is 1. The summed E-state index contributed by atoms with van der Waals surface area (Å²) in [6.45, 7) is 5.85. The number of hydrogen-bond acceptors (Lipinski definition) is 7. The van der Waals surface area contributed by atoms with E-state index in [2.05, 4.69) is 15.5 Å². The van der Waals surface area contributed by atoms with E-state index in [4.69, 9.17) is 38.2 Å². The van der Waals surface area contributed by atoms with E-state index in [1.807, 2.05) is 50.2 Å². The molecule has 0 fully saturated rings. The molecule has 3 N–H and O–H groups in total. The number of carbonyl (C=O) groups is 2. The molecule has 0 bridgehead atoms. The number of ketones is 1. The number of nitrogens with one attached hydrogen (secondary N) is 1. The molecule has 9 nitrogen and oxygen atoms in total. The van der Waals surface area contributed by atoms with Crippen LogP contribution < -0.4 is 15.8 Å². The molecular weight excluding hydrogens is 541 g/mol. The van der Waals surface area contributed by atoms with Gasteiger partial charge in [0, 0.05) is 19.5 Å². The van der Waals surface area contributed by atoms with E-state index in [1.54, 1.807) is 11.0 Å². The maximum Gasteiger partial charge on any atom is 0.317 e. The van der Waals surface area contributed by atoms with Crippen molar-refractivity contribution in [1.82, 2.24) is 20.4 Å². The summed E-state index contributed by atoms with van der Waals surface area (Å²) in [6, 6.07) is 12.0. The maximum absolute atomic E-state index is 13.1. The van der Waals surface area contributed by atoms with Gasteiger partial charge >= 0.3 is 6.03 Å². The van der Waals surface area contributed by atoms with Gasteiger partial charge in [-0.1, -0.05) is 46.6 Å². The predicted molar refractivity (Wildman–Crippen MR) is 152 cm³/mol. The van der Waals surface area contributed by atoms with E-state index in [0.717, 1.165) is 23.3 Å². The van der Waals surface area contributed by atoms with Gasteiger partial charge in [0.15, 0.2) is 0 Å². The topological polar surface area (TPSA) is 124 Å². The maximum atomic E-state index is 13.1. The van der Waals surface area contributed by atoms with Gasteiger partial charge in [-0.15, -0.1) is 0 Å². The van der Waals surface area contributed by atoms with Crippen molar-refractivity contribution in [1.29, 1.82) is 0 Å². The first-order chi connectivity index (χ1) is 18.8. The molecule has 39 heavy (non-hydrogen) atoms. The molecule has 210 valence electrons. The highest BCUT2D eigenvalue weighted by molar-refractivity contribution is 6.42. The molecule has 3 rings (SSSR count). The van der Waals surface area contributed by atoms with Gasteiger partial charge in [-0.05, 0) is 75.0 Å². The van der Waals surface area contributed by atoms with E-state index in [1.165, 1.54) is 0 Å². The van der Waals surface area contributed by atoms with Gasteiger partial charge in [-0.3, -0.25) is 4.79 Å². The second-order valence-electron chi connectivity index (χ2n) is 9.00. The molecule has 0 spiro atoms. The first-order valence-electron chi connectivity index (χ1n) is 13.1. The van der Waals surface area contributed by atoms with Crippen molar-refractivity contribution < 1.29 is 18.8 Å². The Hall–Kier alpha value is -3.14. The van der Waals surface area contributed by atoms with Crippen molar-refractivity contribution in [2.24, 2.45) is 5.73 Å². The molecule has 1 aromatic heterocycles. The molecule has 0 radical (unpaired) electrons. The van der Waals surface area contributed by atoms with Gasteiger partial charge in [0.2, 0.25) is 17.5 Å². The van der Waals surface area contributed by atoms with Gasteiger partial charge < -0.3 is 25.2 Å². The van der Waals surface area contributed by atoms with Crippen LogP contribution in [0.25, 0.3) is 0 Å². The number of benzene rings is 2. The fraction of sp³-hybridized carbons (Fsp3) is 0.429. The van der Waals surface area contributed by atoms with Crippen LogP contribution in [0.4, 0.5) is 4.79 Å². The Morgan fingerprint density at radius 1 is 1.05 bits per heavy atom. The lowest BCUT2D eigenvalue weighted by atomic mass is 10.0. The fourth-order valence-electron chi connectivity index (χ4n) is 3.96. The van der Waals surface area contributed by atoms with Crippen molar-refractivity contribution in [3.8, 4) is 5.75 Å². The van der Waals surface area contributed by atoms with Crippen LogP contribution in [0, 0.1) is 0 Å². The van der Waals surface area contributed by atoms with Crippen LogP contribution >= 0.6 is 23.2 Å². The number of Topliss-reactive ketones (excluding diaryl/α,β-unsaturated/α-hetero) is 1. The number of rotatable bonds is 15. The first kappa shape index (κ1) is 30.4. The van der Waals surface area contributed by atoms with Crippen molar-refractivity contribution in [2.75, 3.05) is 26.2 Å². The number of nitrogens with zero attached hydrogens (tertiary/aromatic N) is 3. The Morgan fingerprint density at radius 2 is 1.77 bits per heavy atom. The van der Waals surface area contributed by atoms with Gasteiger partial charge in [0.1, 0.15) is 5.75 Å². The monoisotopic (exact) mass is 575 g/mol. The van der Waals surface area contributed by atoms with Crippen LogP contribution in [0.2, 0.25) is 10.0 Å². The molecule has 1 heterocycles. The molecule has 2 amide bonds. The van der Waals surface area contributed by atoms with Crippen molar-refractivity contribution in [3.63, 3.8) is 0 Å². The zero-order valence-corrected chi connectivity index (χ0v) is 23.8. The number of amides is 2. The third-order valence-corrected chi connectivity index (χ3v) is 6.96. The Balaban J connectivity index is 1.56. The lowest BCUT2D eigenvalue weighted by Gasteiger charge is -2.23. The number of hydrogen-bond donors (Lipinski definition) is 2. The quantitative estimate of drug-likeness (QED) is 0.185. The minimum Gasteiger partial charge on any atom is -0.493 e. The first-order valence-corrected chi connectivity index (χ1v) is 13.9. The highest BCUT2D eigenvalue weighted by atomic mass is 35.5. The smallest absolute Gasteiger partial charge is 0.317 e. The van der Waals surface area contributed by atoms with Crippen LogP contribution in [0.5, 0.6) is 5.75 Å². The Labute approximate surface area is 239 Å². The summed E-state index contributed by atoms with van der Waals surface area (Å²) >= 11 is 12.0. The zero-order chi connectivity index (χ0) is 28.2. The highest BCUT2D eigenvalue weighted by Gasteiger charge is 2.27. The summed E-state index contributed by atoms with van der Waals surface area (Å²) in [7, 11) is 0. The number of halogens is 2. The summed E-state index contributed by atoms with van der Waals surface area (Å²) in [5.74, 6) is 0.602. The average molecular weight is 577 g/mol. The van der Waals surface area contributed by atoms with Crippen LogP contribution in [0.1, 0.15) is 60.7 Å². The minimum atomic E-state index is -0.754. The molecule has 0 saturated heterocycles. The van der Waals surface area contributed by atoms with Crippen molar-refractivity contribution in [2.45, 2.75) is 52.0 Å². The summed E-state index contributed by atoms with van der Waals surface area (Å²) < 4.78 is 11.2. The number of unbranched alkanes of at least 4 members (excludes halogenated alkanes) is 1. The van der Waals surface area contributed by atoms with Crippen molar-refractivity contribution in [3.05, 3.63) is 75.4 Å². The Morgan fingerprint density at radius 3 is 2.44 bits per heavy atom. The van der Waals surface area contributed by atoms with Gasteiger partial charge in [-0.2, -0.15) is 4.98 Å². The third-order valence-electron chi connectivity index (χ3n) is 6.22. The van der Waals surface area contributed by atoms with E-state index >= 15 is 0 Å². The van der Waals surface area contributed by atoms with Gasteiger partial charge in [0.25, 0.3) is 0 Å². The number of urea groups is 1. The zero-order valence-electron chi connectivity index (χ0n) is 22.3. The molecule has 0 unspecified atom stereocenters. The Bertz CT molecular complexity index is 1210. The summed E-state index contributed by atoms with van der Waals surface area (Å²) in [5, 5.41) is 7.76. The van der Waals surface area contributed by atoms with Crippen LogP contribution in [-0.2, 0) is 12.8 Å². The molecule has 11 heteroatoms. The van der Waals surface area contributed by atoms with Crippen LogP contribution in [-0.4, -0.2) is 59.1 Å². The lowest BCUT2D eigenvalue weighted by Crippen LogP contribution is -2.48. The molecule has 0 aliphatic heterocycles. The van der Waals surface area contributed by atoms with Crippen LogP contribution in [0.15, 0.2) is 47.0 Å². The normalized spacial score (nSPS) is 11.7. The molecule has 0 saturated carbocycles. The van der Waals surface area contributed by atoms with Crippen LogP contribution in [0.3, 0.4) is 0 Å². The van der Waals surface area contributed by atoms with E-state index in [9.17, 15) is 9.59 Å². The summed E-state index contributed by atoms with van der Waals surface area (Å²) in [6.07, 6.45) is 2.93. The summed E-state index contributed by atoms with van der Waals surface area (Å²) in [4.78, 5) is 31.6. The van der Waals surface area contributed by atoms with Crippen molar-refractivity contribution >= 4 is 35.0 Å². The largest absolute Gasteiger partial charge is 0.493 e. The van der Waals surface area contributed by atoms with Gasteiger partial charge in [0.05, 0.1) is 29.1 Å².